The van der Waals surface area contributed by atoms with Crippen LogP contribution in [0.5, 0.6) is 0 Å². The lowest BCUT2D eigenvalue weighted by atomic mass is 10.0. The molecule has 0 atom stereocenters. The van der Waals surface area contributed by atoms with Gasteiger partial charge in [0, 0.05) is 5.39 Å². The second kappa shape index (κ2) is 4.80. The molecule has 0 radical (unpaired) electrons. The van der Waals surface area contributed by atoms with Crippen LogP contribution in [-0.2, 0) is 0 Å². The summed E-state index contributed by atoms with van der Waals surface area (Å²) in [6.45, 7) is 3.97. The molecule has 3 aromatic rings. The van der Waals surface area contributed by atoms with Crippen molar-refractivity contribution in [2.75, 3.05) is 0 Å². The van der Waals surface area contributed by atoms with Crippen LogP contribution < -0.4 is 5.43 Å². The topological polar surface area (TPSA) is 32.9 Å². The number of H-pyrrole nitrogens is 1. The number of fused-ring (bicyclic) bond motifs is 1. The predicted molar refractivity (Wildman–Crippen MR) is 84.5 cm³/mol. The summed E-state index contributed by atoms with van der Waals surface area (Å²) < 4.78 is 0. The van der Waals surface area contributed by atoms with Crippen molar-refractivity contribution in [2.45, 2.75) is 13.8 Å². The molecular weight excluding hydrogens is 270 g/mol. The zero-order valence-electron chi connectivity index (χ0n) is 11.3. The minimum atomic E-state index is -0.119. The summed E-state index contributed by atoms with van der Waals surface area (Å²) >= 11 is 6.27. The molecule has 1 heterocycles. The fourth-order valence-corrected chi connectivity index (χ4v) is 2.79. The van der Waals surface area contributed by atoms with Gasteiger partial charge in [-0.25, -0.2) is 0 Å². The number of aromatic nitrogens is 1. The Labute approximate surface area is 122 Å². The van der Waals surface area contributed by atoms with Crippen LogP contribution in [0.4, 0.5) is 0 Å². The highest BCUT2D eigenvalue weighted by atomic mass is 35.5. The van der Waals surface area contributed by atoms with Crippen LogP contribution >= 0.6 is 11.6 Å². The van der Waals surface area contributed by atoms with E-state index in [1.165, 1.54) is 0 Å². The van der Waals surface area contributed by atoms with Gasteiger partial charge in [0.05, 0.1) is 11.2 Å². The normalized spacial score (nSPS) is 10.9. The molecule has 2 nitrogen and oxygen atoms in total. The van der Waals surface area contributed by atoms with Gasteiger partial charge in [0.1, 0.15) is 5.02 Å². The first-order chi connectivity index (χ1) is 9.58. The van der Waals surface area contributed by atoms with E-state index in [1.807, 2.05) is 50.2 Å². The summed E-state index contributed by atoms with van der Waals surface area (Å²) in [6.07, 6.45) is 0. The highest BCUT2D eigenvalue weighted by Crippen LogP contribution is 2.27. The van der Waals surface area contributed by atoms with Crippen molar-refractivity contribution < 1.29 is 0 Å². The smallest absolute Gasteiger partial charge is 0.208 e. The average Bonchev–Trinajstić information content (AvgIpc) is 2.44. The van der Waals surface area contributed by atoms with E-state index >= 15 is 0 Å². The van der Waals surface area contributed by atoms with Gasteiger partial charge in [-0.05, 0) is 36.6 Å². The van der Waals surface area contributed by atoms with Crippen LogP contribution in [0.15, 0.2) is 47.3 Å². The molecule has 0 aliphatic rings. The van der Waals surface area contributed by atoms with E-state index in [1.54, 1.807) is 0 Å². The molecule has 1 N–H and O–H groups in total. The van der Waals surface area contributed by atoms with Gasteiger partial charge in [0.25, 0.3) is 0 Å². The van der Waals surface area contributed by atoms with Gasteiger partial charge in [-0.2, -0.15) is 0 Å². The number of nitrogens with one attached hydrogen (secondary N) is 1. The Morgan fingerprint density at radius 1 is 1.05 bits per heavy atom. The Hall–Kier alpha value is -2.06. The minimum absolute atomic E-state index is 0.119. The summed E-state index contributed by atoms with van der Waals surface area (Å²) in [5.74, 6) is 0. The maximum atomic E-state index is 12.5. The Bertz CT molecular complexity index is 850. The number of halogens is 1. The molecule has 0 spiro atoms. The standard InChI is InChI=1S/C17H14ClNO/c1-10-8-11(2)15-13(9-10)17(20)14(18)16(19-15)12-6-4-3-5-7-12/h3-9H,1-2H3,(H,19,20). The van der Waals surface area contributed by atoms with Crippen molar-refractivity contribution in [1.29, 1.82) is 0 Å². The third-order valence-electron chi connectivity index (χ3n) is 3.46. The van der Waals surface area contributed by atoms with Crippen LogP contribution in [-0.4, -0.2) is 4.98 Å². The molecule has 1 aromatic heterocycles. The van der Waals surface area contributed by atoms with E-state index in [0.29, 0.717) is 11.1 Å². The van der Waals surface area contributed by atoms with Crippen molar-refractivity contribution in [3.8, 4) is 11.3 Å². The molecule has 3 heteroatoms. The van der Waals surface area contributed by atoms with Crippen LogP contribution in [0, 0.1) is 13.8 Å². The van der Waals surface area contributed by atoms with Crippen LogP contribution in [0.2, 0.25) is 5.02 Å². The van der Waals surface area contributed by atoms with Crippen molar-refractivity contribution in [2.24, 2.45) is 0 Å². The SMILES string of the molecule is Cc1cc(C)c2[nH]c(-c3ccccc3)c(Cl)c(=O)c2c1. The molecule has 100 valence electrons. The van der Waals surface area contributed by atoms with Gasteiger partial charge in [-0.1, -0.05) is 48.0 Å². The molecule has 0 saturated heterocycles. The molecule has 0 saturated carbocycles. The van der Waals surface area contributed by atoms with Gasteiger partial charge < -0.3 is 4.98 Å². The van der Waals surface area contributed by atoms with Crippen molar-refractivity contribution >= 4 is 22.5 Å². The highest BCUT2D eigenvalue weighted by molar-refractivity contribution is 6.33. The fraction of sp³-hybridized carbons (Fsp3) is 0.118. The van der Waals surface area contributed by atoms with Crippen molar-refractivity contribution in [1.82, 2.24) is 4.98 Å². The number of aryl methyl sites for hydroxylation is 2. The summed E-state index contributed by atoms with van der Waals surface area (Å²) in [6, 6.07) is 13.6. The van der Waals surface area contributed by atoms with Crippen LogP contribution in [0.1, 0.15) is 11.1 Å². The molecule has 0 amide bonds. The Morgan fingerprint density at radius 2 is 1.75 bits per heavy atom. The Kier molecular flexibility index (Phi) is 3.11. The monoisotopic (exact) mass is 283 g/mol. The van der Waals surface area contributed by atoms with Gasteiger partial charge >= 0.3 is 0 Å². The first-order valence-electron chi connectivity index (χ1n) is 6.46. The molecule has 0 unspecified atom stereocenters. The summed E-state index contributed by atoms with van der Waals surface area (Å²) in [7, 11) is 0. The molecule has 0 bridgehead atoms. The predicted octanol–water partition coefficient (Wildman–Crippen LogP) is 4.47. The van der Waals surface area contributed by atoms with Crippen LogP contribution in [0.25, 0.3) is 22.2 Å². The first-order valence-corrected chi connectivity index (χ1v) is 6.84. The fourth-order valence-electron chi connectivity index (χ4n) is 2.53. The van der Waals surface area contributed by atoms with E-state index in [2.05, 4.69) is 11.1 Å². The number of pyridine rings is 1. The summed E-state index contributed by atoms with van der Waals surface area (Å²) in [4.78, 5) is 15.8. The lowest BCUT2D eigenvalue weighted by Gasteiger charge is -2.10. The van der Waals surface area contributed by atoms with Gasteiger partial charge in [-0.15, -0.1) is 0 Å². The van der Waals surface area contributed by atoms with Gasteiger partial charge in [0.2, 0.25) is 5.43 Å². The Balaban J connectivity index is 2.42. The van der Waals surface area contributed by atoms with E-state index < -0.39 is 0 Å². The number of rotatable bonds is 1. The summed E-state index contributed by atoms with van der Waals surface area (Å²) in [5, 5.41) is 0.890. The molecule has 3 rings (SSSR count). The third kappa shape index (κ3) is 2.02. The lowest BCUT2D eigenvalue weighted by Crippen LogP contribution is -2.07. The molecule has 0 aliphatic carbocycles. The second-order valence-electron chi connectivity index (χ2n) is 5.01. The maximum absolute atomic E-state index is 12.5. The first kappa shape index (κ1) is 12.9. The highest BCUT2D eigenvalue weighted by Gasteiger charge is 2.13. The number of hydrogen-bond acceptors (Lipinski definition) is 1. The number of benzene rings is 2. The zero-order chi connectivity index (χ0) is 14.3. The summed E-state index contributed by atoms with van der Waals surface area (Å²) in [5.41, 5.74) is 4.43. The zero-order valence-corrected chi connectivity index (χ0v) is 12.1. The lowest BCUT2D eigenvalue weighted by molar-refractivity contribution is 1.32. The molecule has 0 fully saturated rings. The molecule has 2 aromatic carbocycles. The molecular formula is C17H14ClNO. The van der Waals surface area contributed by atoms with Crippen molar-refractivity contribution in [3.63, 3.8) is 0 Å². The van der Waals surface area contributed by atoms with Crippen molar-refractivity contribution in [3.05, 3.63) is 68.8 Å². The Morgan fingerprint density at radius 3 is 2.45 bits per heavy atom. The molecule has 20 heavy (non-hydrogen) atoms. The van der Waals surface area contributed by atoms with E-state index in [0.717, 1.165) is 22.2 Å². The molecule has 0 aliphatic heterocycles. The average molecular weight is 284 g/mol. The van der Waals surface area contributed by atoms with E-state index in [9.17, 15) is 4.79 Å². The van der Waals surface area contributed by atoms with E-state index in [-0.39, 0.29) is 10.5 Å². The minimum Gasteiger partial charge on any atom is -0.353 e. The maximum Gasteiger partial charge on any atom is 0.208 e. The van der Waals surface area contributed by atoms with E-state index in [4.69, 9.17) is 11.6 Å². The number of aromatic amines is 1. The van der Waals surface area contributed by atoms with Gasteiger partial charge in [0.15, 0.2) is 0 Å². The number of hydrogen-bond donors (Lipinski definition) is 1. The third-order valence-corrected chi connectivity index (χ3v) is 3.82. The van der Waals surface area contributed by atoms with Crippen LogP contribution in [0.3, 0.4) is 0 Å². The quantitative estimate of drug-likeness (QED) is 0.702. The largest absolute Gasteiger partial charge is 0.353 e. The second-order valence-corrected chi connectivity index (χ2v) is 5.39. The van der Waals surface area contributed by atoms with Gasteiger partial charge in [-0.3, -0.25) is 4.79 Å².